The first-order valence-corrected chi connectivity index (χ1v) is 4.90. The van der Waals surface area contributed by atoms with Gasteiger partial charge in [0.2, 0.25) is 0 Å². The third-order valence-corrected chi connectivity index (χ3v) is 1.68. The fourth-order valence-electron chi connectivity index (χ4n) is 1.16. The standard InChI is InChI=1S/C10H22O4/c1-10(2,3)4-8(12)6-14-7-9(13)5-11/h8-9,11-13H,4-7H2,1-3H3. The zero-order valence-electron chi connectivity index (χ0n) is 9.23. The number of hydrogen-bond acceptors (Lipinski definition) is 4. The van der Waals surface area contributed by atoms with Crippen molar-refractivity contribution in [2.75, 3.05) is 19.8 Å². The van der Waals surface area contributed by atoms with Crippen LogP contribution >= 0.6 is 0 Å². The number of ether oxygens (including phenoxy) is 1. The van der Waals surface area contributed by atoms with Crippen molar-refractivity contribution in [1.29, 1.82) is 0 Å². The smallest absolute Gasteiger partial charge is 0.100 e. The van der Waals surface area contributed by atoms with E-state index in [0.717, 1.165) is 0 Å². The topological polar surface area (TPSA) is 69.9 Å². The van der Waals surface area contributed by atoms with E-state index in [4.69, 9.17) is 14.9 Å². The highest BCUT2D eigenvalue weighted by Crippen LogP contribution is 2.20. The molecule has 0 spiro atoms. The lowest BCUT2D eigenvalue weighted by molar-refractivity contribution is -0.0322. The third kappa shape index (κ3) is 8.44. The summed E-state index contributed by atoms with van der Waals surface area (Å²) in [6.07, 6.45) is -0.708. The van der Waals surface area contributed by atoms with Crippen LogP contribution in [0.1, 0.15) is 27.2 Å². The van der Waals surface area contributed by atoms with Crippen molar-refractivity contribution in [3.8, 4) is 0 Å². The molecule has 2 atom stereocenters. The maximum absolute atomic E-state index is 9.50. The van der Waals surface area contributed by atoms with Gasteiger partial charge >= 0.3 is 0 Å². The second-order valence-electron chi connectivity index (χ2n) is 4.79. The summed E-state index contributed by atoms with van der Waals surface area (Å²) in [5.41, 5.74) is 0.0678. The molecule has 0 bridgehead atoms. The summed E-state index contributed by atoms with van der Waals surface area (Å²) in [5, 5.41) is 26.9. The van der Waals surface area contributed by atoms with Crippen LogP contribution in [0, 0.1) is 5.41 Å². The van der Waals surface area contributed by atoms with Crippen LogP contribution in [0.5, 0.6) is 0 Å². The molecule has 0 aromatic carbocycles. The Morgan fingerprint density at radius 1 is 1.07 bits per heavy atom. The van der Waals surface area contributed by atoms with Gasteiger partial charge in [-0.1, -0.05) is 20.8 Å². The van der Waals surface area contributed by atoms with Gasteiger partial charge in [-0.15, -0.1) is 0 Å². The average Bonchev–Trinajstić information content (AvgIpc) is 2.00. The molecule has 14 heavy (non-hydrogen) atoms. The number of aliphatic hydroxyl groups is 3. The van der Waals surface area contributed by atoms with Crippen molar-refractivity contribution in [2.45, 2.75) is 39.4 Å². The lowest BCUT2D eigenvalue weighted by atomic mass is 9.89. The van der Waals surface area contributed by atoms with Gasteiger partial charge in [-0.2, -0.15) is 0 Å². The molecule has 0 radical (unpaired) electrons. The van der Waals surface area contributed by atoms with Crippen LogP contribution in [0.15, 0.2) is 0 Å². The minimum atomic E-state index is -0.850. The molecule has 0 aromatic rings. The molecule has 2 unspecified atom stereocenters. The fraction of sp³-hybridized carbons (Fsp3) is 1.00. The first-order valence-electron chi connectivity index (χ1n) is 4.90. The fourth-order valence-corrected chi connectivity index (χ4v) is 1.16. The molecule has 0 saturated carbocycles. The highest BCUT2D eigenvalue weighted by atomic mass is 16.5. The largest absolute Gasteiger partial charge is 0.394 e. The SMILES string of the molecule is CC(C)(C)CC(O)COCC(O)CO. The van der Waals surface area contributed by atoms with Crippen LogP contribution in [-0.2, 0) is 4.74 Å². The lowest BCUT2D eigenvalue weighted by Crippen LogP contribution is -2.26. The molecule has 0 fully saturated rings. The van der Waals surface area contributed by atoms with Crippen molar-refractivity contribution in [2.24, 2.45) is 5.41 Å². The normalized spacial score (nSPS) is 16.7. The molecule has 0 aromatic heterocycles. The number of rotatable bonds is 6. The first-order chi connectivity index (χ1) is 6.35. The van der Waals surface area contributed by atoms with Gasteiger partial charge < -0.3 is 20.1 Å². The molecular formula is C10H22O4. The predicted molar refractivity (Wildman–Crippen MR) is 54.0 cm³/mol. The van der Waals surface area contributed by atoms with E-state index in [2.05, 4.69) is 0 Å². The Morgan fingerprint density at radius 3 is 2.00 bits per heavy atom. The second kappa shape index (κ2) is 6.35. The maximum Gasteiger partial charge on any atom is 0.100 e. The quantitative estimate of drug-likeness (QED) is 0.579. The Kier molecular flexibility index (Phi) is 6.27. The summed E-state index contributed by atoms with van der Waals surface area (Å²) in [6.45, 7) is 6.08. The molecule has 3 N–H and O–H groups in total. The Morgan fingerprint density at radius 2 is 1.57 bits per heavy atom. The summed E-state index contributed by atoms with van der Waals surface area (Å²) < 4.78 is 5.03. The van der Waals surface area contributed by atoms with Crippen molar-refractivity contribution >= 4 is 0 Å². The van der Waals surface area contributed by atoms with E-state index in [9.17, 15) is 5.11 Å². The predicted octanol–water partition coefficient (Wildman–Crippen LogP) is 0.153. The van der Waals surface area contributed by atoms with Crippen molar-refractivity contribution in [3.05, 3.63) is 0 Å². The van der Waals surface area contributed by atoms with Gasteiger partial charge in [-0.25, -0.2) is 0 Å². The third-order valence-electron chi connectivity index (χ3n) is 1.68. The molecule has 4 heteroatoms. The average molecular weight is 206 g/mol. The van der Waals surface area contributed by atoms with Gasteiger partial charge in [-0.3, -0.25) is 0 Å². The van der Waals surface area contributed by atoms with Gasteiger partial charge in [0.15, 0.2) is 0 Å². The summed E-state index contributed by atoms with van der Waals surface area (Å²) in [4.78, 5) is 0. The van der Waals surface area contributed by atoms with Gasteiger partial charge in [0.25, 0.3) is 0 Å². The molecule has 0 aliphatic carbocycles. The number of aliphatic hydroxyl groups excluding tert-OH is 3. The Labute approximate surface area is 85.5 Å². The van der Waals surface area contributed by atoms with Gasteiger partial charge in [-0.05, 0) is 11.8 Å². The Bertz CT molecular complexity index is 142. The molecule has 4 nitrogen and oxygen atoms in total. The summed E-state index contributed by atoms with van der Waals surface area (Å²) in [6, 6.07) is 0. The minimum Gasteiger partial charge on any atom is -0.394 e. The van der Waals surface area contributed by atoms with Crippen LogP contribution < -0.4 is 0 Å². The zero-order chi connectivity index (χ0) is 11.2. The highest BCUT2D eigenvalue weighted by Gasteiger charge is 2.16. The minimum absolute atomic E-state index is 0.0672. The Hall–Kier alpha value is -0.160. The van der Waals surface area contributed by atoms with E-state index in [0.29, 0.717) is 6.42 Å². The zero-order valence-corrected chi connectivity index (χ0v) is 9.23. The van der Waals surface area contributed by atoms with Crippen molar-refractivity contribution in [1.82, 2.24) is 0 Å². The van der Waals surface area contributed by atoms with E-state index in [1.165, 1.54) is 0 Å². The van der Waals surface area contributed by atoms with E-state index in [1.807, 2.05) is 20.8 Å². The lowest BCUT2D eigenvalue weighted by Gasteiger charge is -2.22. The van der Waals surface area contributed by atoms with Crippen LogP contribution in [0.3, 0.4) is 0 Å². The summed E-state index contributed by atoms with van der Waals surface area (Å²) >= 11 is 0. The molecule has 0 amide bonds. The van der Waals surface area contributed by atoms with Crippen molar-refractivity contribution in [3.63, 3.8) is 0 Å². The van der Waals surface area contributed by atoms with E-state index in [1.54, 1.807) is 0 Å². The van der Waals surface area contributed by atoms with E-state index < -0.39 is 12.2 Å². The highest BCUT2D eigenvalue weighted by molar-refractivity contribution is 4.67. The number of hydrogen-bond donors (Lipinski definition) is 3. The molecule has 0 rings (SSSR count). The van der Waals surface area contributed by atoms with Gasteiger partial charge in [0.1, 0.15) is 6.10 Å². The molecule has 0 aliphatic rings. The Balaban J connectivity index is 3.50. The van der Waals surface area contributed by atoms with Gasteiger partial charge in [0, 0.05) is 0 Å². The summed E-state index contributed by atoms with van der Waals surface area (Å²) in [7, 11) is 0. The summed E-state index contributed by atoms with van der Waals surface area (Å²) in [5.74, 6) is 0. The second-order valence-corrected chi connectivity index (χ2v) is 4.79. The molecule has 0 aliphatic heterocycles. The molecule has 0 heterocycles. The van der Waals surface area contributed by atoms with Crippen LogP contribution in [0.2, 0.25) is 0 Å². The van der Waals surface area contributed by atoms with Gasteiger partial charge in [0.05, 0.1) is 25.9 Å². The van der Waals surface area contributed by atoms with Crippen LogP contribution in [0.25, 0.3) is 0 Å². The molecular weight excluding hydrogens is 184 g/mol. The van der Waals surface area contributed by atoms with Crippen LogP contribution in [0.4, 0.5) is 0 Å². The monoisotopic (exact) mass is 206 g/mol. The van der Waals surface area contributed by atoms with E-state index >= 15 is 0 Å². The first kappa shape index (κ1) is 13.8. The molecule has 0 saturated heterocycles. The molecule has 86 valence electrons. The maximum atomic E-state index is 9.50. The van der Waals surface area contributed by atoms with Crippen molar-refractivity contribution < 1.29 is 20.1 Å². The van der Waals surface area contributed by atoms with E-state index in [-0.39, 0.29) is 25.2 Å². The van der Waals surface area contributed by atoms with Crippen LogP contribution in [-0.4, -0.2) is 47.3 Å².